The van der Waals surface area contributed by atoms with Crippen LogP contribution in [-0.4, -0.2) is 9.91 Å². The molecule has 14 heavy (non-hydrogen) atoms. The van der Waals surface area contributed by atoms with Gasteiger partial charge in [0.05, 0.1) is 10.5 Å². The number of nitrogens with zero attached hydrogens (tertiary/aromatic N) is 1. The largest absolute Gasteiger partial charge is 0.379 e. The minimum absolute atomic E-state index is 0.538. The topological polar surface area (TPSA) is 102 Å². The predicted molar refractivity (Wildman–Crippen MR) is 43.1 cm³/mol. The van der Waals surface area contributed by atoms with Crippen LogP contribution in [0.15, 0.2) is 11.0 Å². The van der Waals surface area contributed by atoms with E-state index in [1.54, 1.807) is 0 Å². The van der Waals surface area contributed by atoms with E-state index in [0.717, 1.165) is 0 Å². The molecule has 3 N–H and O–H groups in total. The zero-order valence-corrected chi connectivity index (χ0v) is 6.66. The Morgan fingerprint density at radius 2 is 2.14 bits per heavy atom. The molecule has 0 bridgehead atoms. The van der Waals surface area contributed by atoms with Crippen LogP contribution >= 0.6 is 0 Å². The molecular formula is C6H5F2N3O3. The minimum Gasteiger partial charge on any atom is -0.379 e. The third kappa shape index (κ3) is 1.53. The SMILES string of the molecule is Nc1[nH]cc(C(F)F)c(=O)c1[N+](=O)[O-]. The van der Waals surface area contributed by atoms with Crippen molar-refractivity contribution in [2.24, 2.45) is 0 Å². The zero-order chi connectivity index (χ0) is 10.9. The molecule has 1 aromatic heterocycles. The number of nitro groups is 1. The number of nitrogens with two attached hydrogens (primary N) is 1. The van der Waals surface area contributed by atoms with Crippen molar-refractivity contribution in [3.8, 4) is 0 Å². The smallest absolute Gasteiger partial charge is 0.356 e. The molecule has 6 nitrogen and oxygen atoms in total. The van der Waals surface area contributed by atoms with Gasteiger partial charge in [0.15, 0.2) is 5.82 Å². The van der Waals surface area contributed by atoms with Gasteiger partial charge in [0.1, 0.15) is 0 Å². The number of alkyl halides is 2. The molecule has 76 valence electrons. The van der Waals surface area contributed by atoms with Crippen molar-refractivity contribution in [2.45, 2.75) is 6.43 Å². The number of rotatable bonds is 2. The van der Waals surface area contributed by atoms with E-state index >= 15 is 0 Å². The van der Waals surface area contributed by atoms with Gasteiger partial charge in [-0.1, -0.05) is 0 Å². The van der Waals surface area contributed by atoms with E-state index in [0.29, 0.717) is 6.20 Å². The normalized spacial score (nSPS) is 10.5. The number of pyridine rings is 1. The second-order valence-corrected chi connectivity index (χ2v) is 2.39. The molecular weight excluding hydrogens is 200 g/mol. The summed E-state index contributed by atoms with van der Waals surface area (Å²) in [5.41, 5.74) is 1.67. The zero-order valence-electron chi connectivity index (χ0n) is 6.66. The highest BCUT2D eigenvalue weighted by molar-refractivity contribution is 5.53. The molecule has 0 aromatic carbocycles. The average molecular weight is 205 g/mol. The molecule has 0 unspecified atom stereocenters. The molecule has 0 saturated heterocycles. The van der Waals surface area contributed by atoms with Crippen LogP contribution in [-0.2, 0) is 0 Å². The maximum Gasteiger partial charge on any atom is 0.356 e. The molecule has 0 radical (unpaired) electrons. The van der Waals surface area contributed by atoms with E-state index in [2.05, 4.69) is 0 Å². The van der Waals surface area contributed by atoms with Crippen molar-refractivity contribution in [1.29, 1.82) is 0 Å². The fraction of sp³-hybridized carbons (Fsp3) is 0.167. The Bertz CT molecular complexity index is 429. The molecule has 0 spiro atoms. The summed E-state index contributed by atoms with van der Waals surface area (Å²) in [5, 5.41) is 10.3. The molecule has 0 aliphatic rings. The van der Waals surface area contributed by atoms with Crippen LogP contribution in [0, 0.1) is 10.1 Å². The number of halogens is 2. The number of nitrogens with one attached hydrogen (secondary N) is 1. The van der Waals surface area contributed by atoms with Gasteiger partial charge in [-0.15, -0.1) is 0 Å². The first-order chi connectivity index (χ1) is 6.45. The first-order valence-electron chi connectivity index (χ1n) is 3.38. The van der Waals surface area contributed by atoms with E-state index in [1.807, 2.05) is 4.98 Å². The number of anilines is 1. The number of hydrogen-bond donors (Lipinski definition) is 2. The lowest BCUT2D eigenvalue weighted by Gasteiger charge is -2.00. The first kappa shape index (κ1) is 10.1. The Balaban J connectivity index is 3.50. The fourth-order valence-corrected chi connectivity index (χ4v) is 0.892. The van der Waals surface area contributed by atoms with Crippen molar-refractivity contribution in [1.82, 2.24) is 4.98 Å². The maximum atomic E-state index is 12.1. The molecule has 0 fully saturated rings. The van der Waals surface area contributed by atoms with Gasteiger partial charge in [0, 0.05) is 6.20 Å². The highest BCUT2D eigenvalue weighted by atomic mass is 19.3. The molecule has 0 aliphatic heterocycles. The summed E-state index contributed by atoms with van der Waals surface area (Å²) in [6, 6.07) is 0. The monoisotopic (exact) mass is 205 g/mol. The molecule has 0 aliphatic carbocycles. The lowest BCUT2D eigenvalue weighted by atomic mass is 10.2. The van der Waals surface area contributed by atoms with Crippen LogP contribution in [0.4, 0.5) is 20.3 Å². The van der Waals surface area contributed by atoms with Gasteiger partial charge in [-0.2, -0.15) is 0 Å². The van der Waals surface area contributed by atoms with E-state index in [-0.39, 0.29) is 0 Å². The van der Waals surface area contributed by atoms with Crippen LogP contribution < -0.4 is 11.2 Å². The highest BCUT2D eigenvalue weighted by Crippen LogP contribution is 2.19. The summed E-state index contributed by atoms with van der Waals surface area (Å²) in [6.07, 6.45) is -2.41. The minimum atomic E-state index is -3.07. The maximum absolute atomic E-state index is 12.1. The summed E-state index contributed by atoms with van der Waals surface area (Å²) in [5.74, 6) is -0.538. The van der Waals surface area contributed by atoms with Crippen molar-refractivity contribution in [2.75, 3.05) is 5.73 Å². The molecule has 1 heterocycles. The summed E-state index contributed by atoms with van der Waals surface area (Å²) < 4.78 is 24.2. The van der Waals surface area contributed by atoms with Gasteiger partial charge in [-0.05, 0) is 0 Å². The molecule has 0 amide bonds. The number of nitrogen functional groups attached to an aromatic ring is 1. The fourth-order valence-electron chi connectivity index (χ4n) is 0.892. The van der Waals surface area contributed by atoms with Gasteiger partial charge >= 0.3 is 5.69 Å². The Morgan fingerprint density at radius 1 is 1.57 bits per heavy atom. The van der Waals surface area contributed by atoms with E-state index in [9.17, 15) is 23.7 Å². The van der Waals surface area contributed by atoms with Crippen LogP contribution in [0.5, 0.6) is 0 Å². The molecule has 1 aromatic rings. The Hall–Kier alpha value is -1.99. The Labute approximate surface area is 75.5 Å². The van der Waals surface area contributed by atoms with Crippen molar-refractivity contribution in [3.63, 3.8) is 0 Å². The third-order valence-electron chi connectivity index (χ3n) is 1.53. The number of hydrogen-bond acceptors (Lipinski definition) is 4. The van der Waals surface area contributed by atoms with Crippen LogP contribution in [0.2, 0.25) is 0 Å². The lowest BCUT2D eigenvalue weighted by molar-refractivity contribution is -0.385. The number of aromatic nitrogens is 1. The third-order valence-corrected chi connectivity index (χ3v) is 1.53. The number of aromatic amines is 1. The Morgan fingerprint density at radius 3 is 2.57 bits per heavy atom. The van der Waals surface area contributed by atoms with Gasteiger partial charge in [0.2, 0.25) is 0 Å². The van der Waals surface area contributed by atoms with E-state index in [1.165, 1.54) is 0 Å². The average Bonchev–Trinajstić information content (AvgIpc) is 2.02. The van der Waals surface area contributed by atoms with Gasteiger partial charge in [-0.25, -0.2) is 8.78 Å². The van der Waals surface area contributed by atoms with Gasteiger partial charge in [-0.3, -0.25) is 14.9 Å². The van der Waals surface area contributed by atoms with Crippen LogP contribution in [0.3, 0.4) is 0 Å². The van der Waals surface area contributed by atoms with Crippen LogP contribution in [0.1, 0.15) is 12.0 Å². The van der Waals surface area contributed by atoms with Crippen molar-refractivity contribution in [3.05, 3.63) is 32.1 Å². The highest BCUT2D eigenvalue weighted by Gasteiger charge is 2.24. The molecule has 1 rings (SSSR count). The molecule has 8 heteroatoms. The second-order valence-electron chi connectivity index (χ2n) is 2.39. The summed E-state index contributed by atoms with van der Waals surface area (Å²) >= 11 is 0. The predicted octanol–water partition coefficient (Wildman–Crippen LogP) is 0.803. The summed E-state index contributed by atoms with van der Waals surface area (Å²) in [4.78, 5) is 22.3. The van der Waals surface area contributed by atoms with Crippen molar-refractivity contribution >= 4 is 11.5 Å². The van der Waals surface area contributed by atoms with Gasteiger partial charge < -0.3 is 10.7 Å². The van der Waals surface area contributed by atoms with Crippen molar-refractivity contribution < 1.29 is 13.7 Å². The van der Waals surface area contributed by atoms with Crippen LogP contribution in [0.25, 0.3) is 0 Å². The molecule has 0 atom stereocenters. The second kappa shape index (κ2) is 3.40. The standard InChI is InChI=1S/C6H5F2N3O3/c7-5(8)2-1-10-6(9)3(4(2)12)11(13)14/h1,5H,(H3,9,10,12). The summed E-state index contributed by atoms with van der Waals surface area (Å²) in [7, 11) is 0. The number of H-pyrrole nitrogens is 1. The van der Waals surface area contributed by atoms with E-state index < -0.39 is 33.8 Å². The Kier molecular flexibility index (Phi) is 2.45. The lowest BCUT2D eigenvalue weighted by Crippen LogP contribution is -2.17. The quantitative estimate of drug-likeness (QED) is 0.550. The first-order valence-corrected chi connectivity index (χ1v) is 3.38. The molecule has 0 saturated carbocycles. The van der Waals surface area contributed by atoms with Gasteiger partial charge in [0.25, 0.3) is 11.9 Å². The van der Waals surface area contributed by atoms with E-state index in [4.69, 9.17) is 5.73 Å². The summed E-state index contributed by atoms with van der Waals surface area (Å²) in [6.45, 7) is 0.